The highest BCUT2D eigenvalue weighted by Crippen LogP contribution is 2.39. The number of amidine groups is 1. The number of amides is 1. The van der Waals surface area contributed by atoms with Crippen LogP contribution < -0.4 is 4.90 Å². The van der Waals surface area contributed by atoms with Crippen molar-refractivity contribution in [2.24, 2.45) is 4.99 Å². The molecule has 2 aromatic rings. The fourth-order valence-electron chi connectivity index (χ4n) is 4.31. The number of aliphatic imine (C=N–C) groups is 1. The minimum atomic E-state index is -1.35. The molecule has 0 N–H and O–H groups in total. The summed E-state index contributed by atoms with van der Waals surface area (Å²) in [6.07, 6.45) is -3.46. The van der Waals surface area contributed by atoms with E-state index in [0.717, 1.165) is 41.2 Å². The molecule has 43 heavy (non-hydrogen) atoms. The van der Waals surface area contributed by atoms with Crippen LogP contribution in [-0.4, -0.2) is 71.4 Å². The van der Waals surface area contributed by atoms with Crippen molar-refractivity contribution in [1.82, 2.24) is 0 Å². The number of carbonyl (C=O) groups is 5. The van der Waals surface area contributed by atoms with Crippen molar-refractivity contribution in [3.63, 3.8) is 0 Å². The van der Waals surface area contributed by atoms with Gasteiger partial charge in [-0.1, -0.05) is 30.0 Å². The summed E-state index contributed by atoms with van der Waals surface area (Å²) in [7, 11) is 0. The van der Waals surface area contributed by atoms with E-state index in [1.807, 2.05) is 12.1 Å². The van der Waals surface area contributed by atoms with Gasteiger partial charge in [-0.05, 0) is 46.3 Å². The van der Waals surface area contributed by atoms with Crippen molar-refractivity contribution in [2.75, 3.05) is 11.5 Å². The molecule has 228 valence electrons. The minimum absolute atomic E-state index is 0.145. The lowest BCUT2D eigenvalue weighted by Crippen LogP contribution is -2.61. The van der Waals surface area contributed by atoms with Gasteiger partial charge in [-0.3, -0.25) is 28.9 Å². The van der Waals surface area contributed by atoms with E-state index in [-0.39, 0.29) is 17.5 Å². The van der Waals surface area contributed by atoms with Gasteiger partial charge in [-0.25, -0.2) is 4.99 Å². The Morgan fingerprint density at radius 2 is 1.56 bits per heavy atom. The van der Waals surface area contributed by atoms with Crippen LogP contribution in [0, 0.1) is 0 Å². The molecule has 5 atom stereocenters. The van der Waals surface area contributed by atoms with Gasteiger partial charge in [-0.2, -0.15) is 0 Å². The minimum Gasteiger partial charge on any atom is -0.463 e. The normalized spacial score (nSPS) is 24.3. The number of carbonyl (C=O) groups excluding carboxylic acids is 5. The van der Waals surface area contributed by atoms with Crippen LogP contribution in [0.25, 0.3) is 6.08 Å². The van der Waals surface area contributed by atoms with E-state index in [0.29, 0.717) is 5.69 Å². The first kappa shape index (κ1) is 32.4. The molecule has 3 heterocycles. The number of ether oxygens (including phenoxy) is 5. The highest BCUT2D eigenvalue weighted by molar-refractivity contribution is 9.11. The molecule has 1 fully saturated rings. The van der Waals surface area contributed by atoms with Gasteiger partial charge in [0.2, 0.25) is 0 Å². The van der Waals surface area contributed by atoms with Crippen molar-refractivity contribution >= 4 is 85.7 Å². The fraction of sp³-hybridized carbons (Fsp3) is 0.357. The van der Waals surface area contributed by atoms with E-state index in [1.165, 1.54) is 23.2 Å². The van der Waals surface area contributed by atoms with Crippen LogP contribution in [0.3, 0.4) is 0 Å². The molecule has 4 rings (SSSR count). The molecule has 5 unspecified atom stereocenters. The second-order valence-corrected chi connectivity index (χ2v) is 12.8. The van der Waals surface area contributed by atoms with E-state index < -0.39 is 59.6 Å². The zero-order valence-electron chi connectivity index (χ0n) is 23.4. The lowest BCUT2D eigenvalue weighted by Gasteiger charge is -2.44. The van der Waals surface area contributed by atoms with Gasteiger partial charge in [0.1, 0.15) is 18.4 Å². The van der Waals surface area contributed by atoms with Gasteiger partial charge < -0.3 is 23.7 Å². The maximum Gasteiger partial charge on any atom is 0.303 e. The molecule has 0 radical (unpaired) electrons. The number of thioether (sulfide) groups is 1. The molecule has 1 amide bonds. The number of nitrogens with zero attached hydrogens (tertiary/aromatic N) is 2. The average Bonchev–Trinajstić information content (AvgIpc) is 3.47. The third-order valence-electron chi connectivity index (χ3n) is 5.89. The number of halogens is 1. The summed E-state index contributed by atoms with van der Waals surface area (Å²) >= 11 is 5.76. The highest BCUT2D eigenvalue weighted by Gasteiger charge is 2.53. The smallest absolute Gasteiger partial charge is 0.303 e. The molecular formula is C28H27BrN2O10S2. The Bertz CT molecular complexity index is 1460. The van der Waals surface area contributed by atoms with Gasteiger partial charge >= 0.3 is 23.9 Å². The lowest BCUT2D eigenvalue weighted by atomic mass is 9.99. The number of rotatable bonds is 8. The summed E-state index contributed by atoms with van der Waals surface area (Å²) in [4.78, 5) is 68.5. The molecule has 1 aromatic heterocycles. The molecule has 0 aliphatic carbocycles. The van der Waals surface area contributed by atoms with E-state index in [2.05, 4.69) is 20.9 Å². The van der Waals surface area contributed by atoms with Crippen molar-refractivity contribution in [2.45, 2.75) is 57.5 Å². The number of benzene rings is 1. The molecule has 0 bridgehead atoms. The molecule has 1 aromatic carbocycles. The van der Waals surface area contributed by atoms with Gasteiger partial charge in [0.05, 0.1) is 9.47 Å². The highest BCUT2D eigenvalue weighted by atomic mass is 79.9. The van der Waals surface area contributed by atoms with Crippen LogP contribution in [0.5, 0.6) is 0 Å². The van der Waals surface area contributed by atoms with Gasteiger partial charge in [0.25, 0.3) is 5.91 Å². The zero-order valence-corrected chi connectivity index (χ0v) is 26.6. The lowest BCUT2D eigenvalue weighted by molar-refractivity contribution is -0.237. The van der Waals surface area contributed by atoms with Crippen molar-refractivity contribution in [3.8, 4) is 0 Å². The van der Waals surface area contributed by atoms with Gasteiger partial charge in [0.15, 0.2) is 28.9 Å². The Morgan fingerprint density at radius 3 is 2.14 bits per heavy atom. The third kappa shape index (κ3) is 8.31. The Labute approximate surface area is 263 Å². The van der Waals surface area contributed by atoms with Crippen molar-refractivity contribution in [3.05, 3.63) is 56.8 Å². The first-order valence-electron chi connectivity index (χ1n) is 12.8. The van der Waals surface area contributed by atoms with Crippen molar-refractivity contribution < 1.29 is 47.7 Å². The van der Waals surface area contributed by atoms with E-state index >= 15 is 0 Å². The number of hydrogen-bond acceptors (Lipinski definition) is 13. The second kappa shape index (κ2) is 14.3. The van der Waals surface area contributed by atoms with E-state index in [1.54, 1.807) is 36.4 Å². The number of hydrogen-bond donors (Lipinski definition) is 0. The monoisotopic (exact) mass is 694 g/mol. The number of para-hydroxylation sites is 1. The van der Waals surface area contributed by atoms with E-state index in [4.69, 9.17) is 23.7 Å². The number of esters is 4. The fourth-order valence-corrected chi connectivity index (χ4v) is 6.86. The molecule has 0 saturated carbocycles. The topological polar surface area (TPSA) is 147 Å². The summed E-state index contributed by atoms with van der Waals surface area (Å²) in [5.41, 5.74) is -0.500. The summed E-state index contributed by atoms with van der Waals surface area (Å²) in [6, 6.07) is 12.5. The Morgan fingerprint density at radius 1 is 0.930 bits per heavy atom. The standard InChI is InChI=1S/C28H27BrN2O10S2/c1-14(32)37-13-21-23(38-15(2)33)24(39-16(3)34)25(40-17(4)35)27(41-21)43-28-30-20(12-19-10-11-22(29)42-19)26(36)31(28)18-8-6-5-7-9-18/h5-12,21,23-25,27H,13H2,1-4H3. The zero-order chi connectivity index (χ0) is 31.3. The Kier molecular flexibility index (Phi) is 10.8. The summed E-state index contributed by atoms with van der Waals surface area (Å²) < 4.78 is 28.8. The summed E-state index contributed by atoms with van der Waals surface area (Å²) in [6.45, 7) is 4.27. The first-order chi connectivity index (χ1) is 20.4. The predicted octanol–water partition coefficient (Wildman–Crippen LogP) is 4.07. The predicted molar refractivity (Wildman–Crippen MR) is 161 cm³/mol. The maximum absolute atomic E-state index is 13.7. The van der Waals surface area contributed by atoms with Crippen molar-refractivity contribution in [1.29, 1.82) is 0 Å². The van der Waals surface area contributed by atoms with Crippen LogP contribution in [0.2, 0.25) is 0 Å². The average molecular weight is 696 g/mol. The maximum atomic E-state index is 13.7. The molecule has 12 nitrogen and oxygen atoms in total. The SMILES string of the molecule is CC(=O)OCC1OC(SC2=NC(=Cc3ccc(Br)s3)C(=O)N2c2ccccc2)C(OC(C)=O)C(OC(C)=O)C1OC(C)=O. The largest absolute Gasteiger partial charge is 0.463 e. The summed E-state index contributed by atoms with van der Waals surface area (Å²) in [5, 5.41) is 0.180. The molecular weight excluding hydrogens is 668 g/mol. The molecule has 15 heteroatoms. The number of thiophene rings is 1. The van der Waals surface area contributed by atoms with Crippen LogP contribution in [-0.2, 0) is 47.7 Å². The Balaban J connectivity index is 1.77. The van der Waals surface area contributed by atoms with Gasteiger partial charge in [0, 0.05) is 32.6 Å². The van der Waals surface area contributed by atoms with Crippen LogP contribution in [0.4, 0.5) is 5.69 Å². The van der Waals surface area contributed by atoms with Crippen LogP contribution >= 0.6 is 39.0 Å². The summed E-state index contributed by atoms with van der Waals surface area (Å²) in [5.74, 6) is -3.25. The molecule has 2 aliphatic heterocycles. The van der Waals surface area contributed by atoms with Crippen LogP contribution in [0.1, 0.15) is 32.6 Å². The molecule has 1 saturated heterocycles. The molecule has 2 aliphatic rings. The van der Waals surface area contributed by atoms with Crippen LogP contribution in [0.15, 0.2) is 56.9 Å². The third-order valence-corrected chi connectivity index (χ3v) is 8.55. The molecule has 0 spiro atoms. The van der Waals surface area contributed by atoms with E-state index in [9.17, 15) is 24.0 Å². The second-order valence-electron chi connectivity index (χ2n) is 9.23. The number of anilines is 1. The Hall–Kier alpha value is -3.53. The van der Waals surface area contributed by atoms with Gasteiger partial charge in [-0.15, -0.1) is 11.3 Å². The first-order valence-corrected chi connectivity index (χ1v) is 15.3. The quantitative estimate of drug-likeness (QED) is 0.224.